The third kappa shape index (κ3) is 3.11. The minimum Gasteiger partial charge on any atom is -0.496 e. The topological polar surface area (TPSA) is 35.2 Å². The van der Waals surface area contributed by atoms with Gasteiger partial charge in [-0.25, -0.2) is 0 Å². The average Bonchev–Trinajstić information content (AvgIpc) is 2.27. The predicted molar refractivity (Wildman–Crippen MR) is 75.1 cm³/mol. The van der Waals surface area contributed by atoms with Crippen LogP contribution in [0.2, 0.25) is 0 Å². The minimum absolute atomic E-state index is 0. The summed E-state index contributed by atoms with van der Waals surface area (Å²) in [5.41, 5.74) is 7.05. The first-order valence-corrected chi connectivity index (χ1v) is 5.52. The number of hydrogen-bond donors (Lipinski definition) is 1. The molecule has 92 valence electrons. The molecule has 3 heteroatoms. The van der Waals surface area contributed by atoms with E-state index in [1.807, 2.05) is 19.1 Å². The van der Waals surface area contributed by atoms with Gasteiger partial charge in [0.1, 0.15) is 5.75 Å². The summed E-state index contributed by atoms with van der Waals surface area (Å²) in [4.78, 5) is 0. The van der Waals surface area contributed by atoms with Gasteiger partial charge in [0.2, 0.25) is 0 Å². The summed E-state index contributed by atoms with van der Waals surface area (Å²) in [5.74, 6) is 0.925. The Kier molecular flexibility index (Phi) is 4.79. The van der Waals surface area contributed by atoms with E-state index in [1.165, 1.54) is 10.9 Å². The fourth-order valence-corrected chi connectivity index (χ4v) is 1.99. The Balaban J connectivity index is 0.00000144. The minimum atomic E-state index is 0. The summed E-state index contributed by atoms with van der Waals surface area (Å²) >= 11 is 0. The van der Waals surface area contributed by atoms with E-state index in [1.54, 1.807) is 7.11 Å². The fraction of sp³-hybridized carbons (Fsp3) is 0.286. The summed E-state index contributed by atoms with van der Waals surface area (Å²) in [5, 5.41) is 2.36. The quantitative estimate of drug-likeness (QED) is 0.910. The van der Waals surface area contributed by atoms with Crippen LogP contribution >= 0.6 is 12.4 Å². The van der Waals surface area contributed by atoms with E-state index in [4.69, 9.17) is 10.5 Å². The third-order valence-corrected chi connectivity index (χ3v) is 2.66. The van der Waals surface area contributed by atoms with Gasteiger partial charge in [-0.05, 0) is 30.4 Å². The summed E-state index contributed by atoms with van der Waals surface area (Å²) in [6.45, 7) is 2.02. The van der Waals surface area contributed by atoms with Crippen LogP contribution < -0.4 is 10.5 Å². The van der Waals surface area contributed by atoms with Crippen molar-refractivity contribution < 1.29 is 4.74 Å². The molecule has 0 radical (unpaired) electrons. The molecule has 0 aliphatic carbocycles. The molecule has 0 heterocycles. The predicted octanol–water partition coefficient (Wildman–Crippen LogP) is 3.16. The van der Waals surface area contributed by atoms with Gasteiger partial charge >= 0.3 is 0 Å². The Hall–Kier alpha value is -1.25. The van der Waals surface area contributed by atoms with E-state index in [9.17, 15) is 0 Å². The second kappa shape index (κ2) is 5.89. The van der Waals surface area contributed by atoms with Crippen molar-refractivity contribution in [3.8, 4) is 5.75 Å². The SMILES string of the molecule is COc1cc(CC(C)N)cc2ccccc12.Cl. The molecule has 0 aromatic heterocycles. The fourth-order valence-electron chi connectivity index (χ4n) is 1.99. The van der Waals surface area contributed by atoms with Gasteiger partial charge in [-0.2, -0.15) is 0 Å². The smallest absolute Gasteiger partial charge is 0.126 e. The number of fused-ring (bicyclic) bond motifs is 1. The maximum absolute atomic E-state index is 5.82. The lowest BCUT2D eigenvalue weighted by Crippen LogP contribution is -2.17. The molecule has 0 bridgehead atoms. The van der Waals surface area contributed by atoms with E-state index < -0.39 is 0 Å². The highest BCUT2D eigenvalue weighted by Crippen LogP contribution is 2.27. The molecule has 2 nitrogen and oxygen atoms in total. The number of halogens is 1. The molecule has 0 saturated carbocycles. The number of benzene rings is 2. The molecule has 0 spiro atoms. The average molecular weight is 252 g/mol. The van der Waals surface area contributed by atoms with Crippen molar-refractivity contribution in [1.82, 2.24) is 0 Å². The normalized spacial score (nSPS) is 11.9. The second-order valence-corrected chi connectivity index (χ2v) is 4.20. The Bertz CT molecular complexity index is 497. The van der Waals surface area contributed by atoms with Crippen molar-refractivity contribution in [3.05, 3.63) is 42.0 Å². The van der Waals surface area contributed by atoms with E-state index in [0.29, 0.717) is 0 Å². The van der Waals surface area contributed by atoms with Crippen LogP contribution in [-0.2, 0) is 6.42 Å². The van der Waals surface area contributed by atoms with E-state index >= 15 is 0 Å². The maximum Gasteiger partial charge on any atom is 0.126 e. The van der Waals surface area contributed by atoms with Crippen molar-refractivity contribution in [2.45, 2.75) is 19.4 Å². The molecule has 0 aliphatic rings. The van der Waals surface area contributed by atoms with Crippen LogP contribution in [0.1, 0.15) is 12.5 Å². The Morgan fingerprint density at radius 2 is 1.94 bits per heavy atom. The van der Waals surface area contributed by atoms with Crippen molar-refractivity contribution in [2.24, 2.45) is 5.73 Å². The zero-order valence-electron chi connectivity index (χ0n) is 10.1. The molecule has 2 rings (SSSR count). The highest BCUT2D eigenvalue weighted by atomic mass is 35.5. The first-order chi connectivity index (χ1) is 7.70. The van der Waals surface area contributed by atoms with Gasteiger partial charge in [-0.1, -0.05) is 30.3 Å². The van der Waals surface area contributed by atoms with Crippen molar-refractivity contribution in [3.63, 3.8) is 0 Å². The van der Waals surface area contributed by atoms with Gasteiger partial charge in [0.05, 0.1) is 7.11 Å². The van der Waals surface area contributed by atoms with Crippen LogP contribution in [0.3, 0.4) is 0 Å². The number of methoxy groups -OCH3 is 1. The first kappa shape index (κ1) is 13.8. The van der Waals surface area contributed by atoms with Crippen LogP contribution in [0.15, 0.2) is 36.4 Å². The van der Waals surface area contributed by atoms with Gasteiger partial charge < -0.3 is 10.5 Å². The monoisotopic (exact) mass is 251 g/mol. The summed E-state index contributed by atoms with van der Waals surface area (Å²) in [6, 6.07) is 12.7. The summed E-state index contributed by atoms with van der Waals surface area (Å²) < 4.78 is 5.41. The standard InChI is InChI=1S/C14H17NO.ClH/c1-10(15)7-11-8-12-5-3-4-6-13(12)14(9-11)16-2;/h3-6,8-10H,7,15H2,1-2H3;1H. The molecular formula is C14H18ClNO. The van der Waals surface area contributed by atoms with E-state index in [2.05, 4.69) is 24.3 Å². The lowest BCUT2D eigenvalue weighted by Gasteiger charge is -2.10. The van der Waals surface area contributed by atoms with Crippen LogP contribution in [0, 0.1) is 0 Å². The molecular weight excluding hydrogens is 234 g/mol. The lowest BCUT2D eigenvalue weighted by atomic mass is 10.0. The second-order valence-electron chi connectivity index (χ2n) is 4.20. The van der Waals surface area contributed by atoms with E-state index in [-0.39, 0.29) is 18.4 Å². The molecule has 1 atom stereocenters. The number of rotatable bonds is 3. The molecule has 0 fully saturated rings. The molecule has 0 aliphatic heterocycles. The Morgan fingerprint density at radius 3 is 2.59 bits per heavy atom. The highest BCUT2D eigenvalue weighted by molar-refractivity contribution is 5.89. The van der Waals surface area contributed by atoms with Gasteiger partial charge in [-0.15, -0.1) is 12.4 Å². The number of nitrogens with two attached hydrogens (primary N) is 1. The first-order valence-electron chi connectivity index (χ1n) is 5.52. The highest BCUT2D eigenvalue weighted by Gasteiger charge is 2.05. The molecule has 17 heavy (non-hydrogen) atoms. The third-order valence-electron chi connectivity index (χ3n) is 2.66. The largest absolute Gasteiger partial charge is 0.496 e. The van der Waals surface area contributed by atoms with Crippen molar-refractivity contribution in [2.75, 3.05) is 7.11 Å². The molecule has 2 N–H and O–H groups in total. The molecule has 1 unspecified atom stereocenters. The van der Waals surface area contributed by atoms with Crippen molar-refractivity contribution in [1.29, 1.82) is 0 Å². The van der Waals surface area contributed by atoms with Gasteiger partial charge in [0.15, 0.2) is 0 Å². The number of ether oxygens (including phenoxy) is 1. The van der Waals surface area contributed by atoms with Gasteiger partial charge in [0.25, 0.3) is 0 Å². The van der Waals surface area contributed by atoms with Crippen LogP contribution in [-0.4, -0.2) is 13.2 Å². The Labute approximate surface area is 108 Å². The maximum atomic E-state index is 5.82. The molecule has 2 aromatic rings. The van der Waals surface area contributed by atoms with Crippen LogP contribution in [0.25, 0.3) is 10.8 Å². The summed E-state index contributed by atoms with van der Waals surface area (Å²) in [6.07, 6.45) is 0.876. The molecule has 0 saturated heterocycles. The van der Waals surface area contributed by atoms with Gasteiger partial charge in [-0.3, -0.25) is 0 Å². The lowest BCUT2D eigenvalue weighted by molar-refractivity contribution is 0.419. The van der Waals surface area contributed by atoms with E-state index in [0.717, 1.165) is 17.6 Å². The Morgan fingerprint density at radius 1 is 1.24 bits per heavy atom. The van der Waals surface area contributed by atoms with Crippen molar-refractivity contribution >= 4 is 23.2 Å². The zero-order chi connectivity index (χ0) is 11.5. The number of hydrogen-bond acceptors (Lipinski definition) is 2. The molecule has 0 amide bonds. The summed E-state index contributed by atoms with van der Waals surface area (Å²) in [7, 11) is 1.71. The van der Waals surface area contributed by atoms with Crippen LogP contribution in [0.4, 0.5) is 0 Å². The van der Waals surface area contributed by atoms with Gasteiger partial charge in [0, 0.05) is 11.4 Å². The molecule has 2 aromatic carbocycles. The zero-order valence-corrected chi connectivity index (χ0v) is 11.0. The van der Waals surface area contributed by atoms with Crippen LogP contribution in [0.5, 0.6) is 5.75 Å².